The van der Waals surface area contributed by atoms with E-state index in [9.17, 15) is 0 Å². The van der Waals surface area contributed by atoms with Gasteiger partial charge >= 0.3 is 0 Å². The minimum atomic E-state index is 0.526. The van der Waals surface area contributed by atoms with Gasteiger partial charge in [-0.05, 0) is 29.6 Å². The summed E-state index contributed by atoms with van der Waals surface area (Å²) in [5.74, 6) is 1.36. The van der Waals surface area contributed by atoms with Gasteiger partial charge in [-0.25, -0.2) is 4.99 Å². The van der Waals surface area contributed by atoms with Gasteiger partial charge in [0, 0.05) is 25.8 Å². The molecule has 2 aromatic rings. The Morgan fingerprint density at radius 2 is 2.18 bits per heavy atom. The highest BCUT2D eigenvalue weighted by molar-refractivity contribution is 7.12. The predicted octanol–water partition coefficient (Wildman–Crippen LogP) is 2.53. The lowest BCUT2D eigenvalue weighted by Gasteiger charge is -2.10. The largest absolute Gasteiger partial charge is 0.496 e. The van der Waals surface area contributed by atoms with E-state index in [0.717, 1.165) is 28.4 Å². The average Bonchev–Trinajstić information content (AvgIpc) is 3.06. The number of nitrogens with one attached hydrogen (secondary N) is 1. The van der Waals surface area contributed by atoms with E-state index < -0.39 is 0 Å². The van der Waals surface area contributed by atoms with E-state index in [2.05, 4.69) is 10.3 Å². The van der Waals surface area contributed by atoms with Crippen LogP contribution in [0.1, 0.15) is 10.4 Å². The molecule has 0 unspecified atom stereocenters. The Labute approximate surface area is 134 Å². The molecule has 3 N–H and O–H groups in total. The van der Waals surface area contributed by atoms with E-state index in [1.165, 1.54) is 0 Å². The number of thiophene rings is 1. The molecule has 1 aromatic heterocycles. The molecule has 0 atom stereocenters. The lowest BCUT2D eigenvalue weighted by Crippen LogP contribution is -2.18. The minimum Gasteiger partial charge on any atom is -0.496 e. The van der Waals surface area contributed by atoms with Gasteiger partial charge in [-0.15, -0.1) is 11.3 Å². The summed E-state index contributed by atoms with van der Waals surface area (Å²) < 4.78 is 10.4. The van der Waals surface area contributed by atoms with E-state index in [0.29, 0.717) is 19.0 Å². The molecule has 0 fully saturated rings. The number of hydrogen-bond donors (Lipinski definition) is 2. The first-order valence-corrected chi connectivity index (χ1v) is 7.87. The van der Waals surface area contributed by atoms with Gasteiger partial charge in [0.15, 0.2) is 0 Å². The molecule has 0 radical (unpaired) electrons. The molecular formula is C16H21N3O2S. The van der Waals surface area contributed by atoms with Crippen molar-refractivity contribution in [2.45, 2.75) is 6.54 Å². The van der Waals surface area contributed by atoms with E-state index >= 15 is 0 Å². The normalized spacial score (nSPS) is 11.6. The fraction of sp³-hybridized carbons (Fsp3) is 0.312. The van der Waals surface area contributed by atoms with Gasteiger partial charge in [0.05, 0.1) is 24.3 Å². The number of ether oxygens (including phenoxy) is 2. The number of aliphatic imine (C=N–C) groups is 1. The molecule has 1 heterocycles. The van der Waals surface area contributed by atoms with E-state index in [1.807, 2.05) is 35.7 Å². The van der Waals surface area contributed by atoms with Crippen LogP contribution in [0.25, 0.3) is 0 Å². The van der Waals surface area contributed by atoms with Crippen molar-refractivity contribution < 1.29 is 9.47 Å². The fourth-order valence-electron chi connectivity index (χ4n) is 1.99. The topological polar surface area (TPSA) is 68.9 Å². The van der Waals surface area contributed by atoms with E-state index in [-0.39, 0.29) is 0 Å². The quantitative estimate of drug-likeness (QED) is 0.446. The minimum absolute atomic E-state index is 0.526. The zero-order valence-electron chi connectivity index (χ0n) is 12.8. The van der Waals surface area contributed by atoms with Crippen LogP contribution in [0.5, 0.6) is 5.75 Å². The number of benzene rings is 1. The molecule has 118 valence electrons. The highest BCUT2D eigenvalue weighted by Gasteiger charge is 2.05. The van der Waals surface area contributed by atoms with E-state index in [1.54, 1.807) is 25.6 Å². The number of rotatable bonds is 8. The number of nitrogens with zero attached hydrogens (tertiary/aromatic N) is 1. The number of methoxy groups -OCH3 is 2. The van der Waals surface area contributed by atoms with Crippen molar-refractivity contribution >= 4 is 22.9 Å². The maximum Gasteiger partial charge on any atom is 0.141 e. The van der Waals surface area contributed by atoms with Gasteiger partial charge in [-0.3, -0.25) is 0 Å². The van der Waals surface area contributed by atoms with Gasteiger partial charge in [-0.1, -0.05) is 6.07 Å². The zero-order chi connectivity index (χ0) is 15.8. The Hall–Kier alpha value is -1.89. The van der Waals surface area contributed by atoms with Crippen LogP contribution in [-0.4, -0.2) is 33.2 Å². The summed E-state index contributed by atoms with van der Waals surface area (Å²) in [5.41, 5.74) is 7.88. The summed E-state index contributed by atoms with van der Waals surface area (Å²) in [4.78, 5) is 5.45. The maximum atomic E-state index is 6.03. The highest BCUT2D eigenvalue weighted by atomic mass is 32.1. The Morgan fingerprint density at radius 3 is 2.86 bits per heavy atom. The van der Waals surface area contributed by atoms with Gasteiger partial charge in [0.2, 0.25) is 0 Å². The Bertz CT molecular complexity index is 612. The van der Waals surface area contributed by atoms with Crippen LogP contribution < -0.4 is 15.8 Å². The average molecular weight is 319 g/mol. The molecule has 0 saturated carbocycles. The molecule has 0 spiro atoms. The standard InChI is InChI=1S/C16H21N3O2S/c1-20-8-7-18-11-12-10-13(5-6-14(12)21-2)19-16(17)15-4-3-9-22-15/h3-6,9-10,18H,7-8,11H2,1-2H3,(H2,17,19). The summed E-state index contributed by atoms with van der Waals surface area (Å²) >= 11 is 1.57. The number of amidine groups is 1. The monoisotopic (exact) mass is 319 g/mol. The van der Waals surface area contributed by atoms with E-state index in [4.69, 9.17) is 15.2 Å². The number of hydrogen-bond acceptors (Lipinski definition) is 5. The lowest BCUT2D eigenvalue weighted by molar-refractivity contribution is 0.199. The van der Waals surface area contributed by atoms with Crippen LogP contribution in [0, 0.1) is 0 Å². The van der Waals surface area contributed by atoms with Gasteiger partial charge in [0.1, 0.15) is 11.6 Å². The molecule has 2 rings (SSSR count). The van der Waals surface area contributed by atoms with Crippen LogP contribution >= 0.6 is 11.3 Å². The summed E-state index contributed by atoms with van der Waals surface area (Å²) in [6.07, 6.45) is 0. The molecule has 22 heavy (non-hydrogen) atoms. The first-order valence-electron chi connectivity index (χ1n) is 6.99. The second kappa shape index (κ2) is 8.53. The third-order valence-electron chi connectivity index (χ3n) is 3.09. The van der Waals surface area contributed by atoms with Crippen molar-refractivity contribution in [1.82, 2.24) is 5.32 Å². The second-order valence-electron chi connectivity index (χ2n) is 4.64. The first-order chi connectivity index (χ1) is 10.7. The van der Waals surface area contributed by atoms with Crippen LogP contribution in [0.15, 0.2) is 40.7 Å². The molecular weight excluding hydrogens is 298 g/mol. The Kier molecular flexibility index (Phi) is 6.39. The molecule has 5 nitrogen and oxygen atoms in total. The molecule has 0 amide bonds. The van der Waals surface area contributed by atoms with Gasteiger partial charge < -0.3 is 20.5 Å². The molecule has 0 aliphatic rings. The third-order valence-corrected chi connectivity index (χ3v) is 3.98. The van der Waals surface area contributed by atoms with Crippen LogP contribution in [-0.2, 0) is 11.3 Å². The molecule has 0 saturated heterocycles. The summed E-state index contributed by atoms with van der Waals surface area (Å²) in [5, 5.41) is 5.29. The van der Waals surface area contributed by atoms with Crippen molar-refractivity contribution in [3.8, 4) is 5.75 Å². The van der Waals surface area contributed by atoms with Crippen molar-refractivity contribution in [2.24, 2.45) is 10.7 Å². The Balaban J connectivity index is 2.14. The van der Waals surface area contributed by atoms with Crippen molar-refractivity contribution in [3.05, 3.63) is 46.2 Å². The SMILES string of the molecule is COCCNCc1cc(N=C(N)c2cccs2)ccc1OC. The maximum absolute atomic E-state index is 6.03. The second-order valence-corrected chi connectivity index (χ2v) is 5.59. The Morgan fingerprint density at radius 1 is 1.32 bits per heavy atom. The van der Waals surface area contributed by atoms with Crippen molar-refractivity contribution in [1.29, 1.82) is 0 Å². The molecule has 0 aliphatic carbocycles. The van der Waals surface area contributed by atoms with Crippen molar-refractivity contribution in [2.75, 3.05) is 27.4 Å². The summed E-state index contributed by atoms with van der Waals surface area (Å²) in [6.45, 7) is 2.14. The lowest BCUT2D eigenvalue weighted by atomic mass is 10.1. The van der Waals surface area contributed by atoms with Crippen LogP contribution in [0.4, 0.5) is 5.69 Å². The fourth-order valence-corrected chi connectivity index (χ4v) is 2.62. The first kappa shape index (κ1) is 16.5. The van der Waals surface area contributed by atoms with Gasteiger partial charge in [-0.2, -0.15) is 0 Å². The summed E-state index contributed by atoms with van der Waals surface area (Å²) in [7, 11) is 3.35. The van der Waals surface area contributed by atoms with Gasteiger partial charge in [0.25, 0.3) is 0 Å². The summed E-state index contributed by atoms with van der Waals surface area (Å²) in [6, 6.07) is 9.71. The smallest absolute Gasteiger partial charge is 0.141 e. The third kappa shape index (κ3) is 4.56. The van der Waals surface area contributed by atoms with Crippen molar-refractivity contribution in [3.63, 3.8) is 0 Å². The molecule has 0 aliphatic heterocycles. The van der Waals surface area contributed by atoms with Crippen LogP contribution in [0.3, 0.4) is 0 Å². The molecule has 1 aromatic carbocycles. The number of nitrogens with two attached hydrogens (primary N) is 1. The molecule has 6 heteroatoms. The predicted molar refractivity (Wildman–Crippen MR) is 91.3 cm³/mol. The highest BCUT2D eigenvalue weighted by Crippen LogP contribution is 2.25. The van der Waals surface area contributed by atoms with Crippen LogP contribution in [0.2, 0.25) is 0 Å². The zero-order valence-corrected chi connectivity index (χ0v) is 13.7. The molecule has 0 bridgehead atoms.